The SMILES string of the molecule is CCCC(=O)N1CCCCC1C(=O)NCC(N1CCNCC1)C(F)(F)F.Cl. The second-order valence-corrected chi connectivity index (χ2v) is 6.94. The van der Waals surface area contributed by atoms with Gasteiger partial charge in [-0.15, -0.1) is 12.4 Å². The molecule has 2 amide bonds. The van der Waals surface area contributed by atoms with E-state index in [1.165, 1.54) is 9.80 Å². The molecule has 158 valence electrons. The molecule has 2 aliphatic rings. The average molecular weight is 415 g/mol. The molecule has 2 heterocycles. The second-order valence-electron chi connectivity index (χ2n) is 6.94. The lowest BCUT2D eigenvalue weighted by atomic mass is 10.0. The fraction of sp³-hybridized carbons (Fsp3) is 0.882. The van der Waals surface area contributed by atoms with Crippen LogP contribution in [0.5, 0.6) is 0 Å². The van der Waals surface area contributed by atoms with Crippen LogP contribution >= 0.6 is 12.4 Å². The molecule has 27 heavy (non-hydrogen) atoms. The van der Waals surface area contributed by atoms with Crippen LogP contribution in [0, 0.1) is 0 Å². The van der Waals surface area contributed by atoms with Crippen LogP contribution in [0.1, 0.15) is 39.0 Å². The lowest BCUT2D eigenvalue weighted by Crippen LogP contribution is -2.59. The molecule has 10 heteroatoms. The molecule has 0 bridgehead atoms. The molecule has 0 aromatic carbocycles. The molecule has 2 fully saturated rings. The minimum atomic E-state index is -4.41. The molecule has 2 atom stereocenters. The van der Waals surface area contributed by atoms with Gasteiger partial charge in [-0.25, -0.2) is 0 Å². The Kier molecular flexibility index (Phi) is 9.83. The normalized spacial score (nSPS) is 22.7. The van der Waals surface area contributed by atoms with E-state index >= 15 is 0 Å². The predicted octanol–water partition coefficient (Wildman–Crippen LogP) is 1.54. The third-order valence-electron chi connectivity index (χ3n) is 5.03. The Labute approximate surface area is 164 Å². The number of hydrogen-bond acceptors (Lipinski definition) is 4. The van der Waals surface area contributed by atoms with Gasteiger partial charge in [0.15, 0.2) is 0 Å². The molecular formula is C17H30ClF3N4O2. The van der Waals surface area contributed by atoms with E-state index in [1.807, 2.05) is 6.92 Å². The smallest absolute Gasteiger partial charge is 0.352 e. The number of nitrogens with one attached hydrogen (secondary N) is 2. The number of nitrogens with zero attached hydrogens (tertiary/aromatic N) is 2. The van der Waals surface area contributed by atoms with Gasteiger partial charge in [-0.2, -0.15) is 13.2 Å². The van der Waals surface area contributed by atoms with Crippen molar-refractivity contribution in [2.45, 2.75) is 57.3 Å². The lowest BCUT2D eigenvalue weighted by Gasteiger charge is -2.37. The number of carbonyl (C=O) groups is 2. The van der Waals surface area contributed by atoms with Gasteiger partial charge in [-0.05, 0) is 25.7 Å². The Balaban J connectivity index is 0.00000364. The Hall–Kier alpha value is -1.06. The third-order valence-corrected chi connectivity index (χ3v) is 5.03. The maximum Gasteiger partial charge on any atom is 0.405 e. The molecule has 0 spiro atoms. The molecule has 2 unspecified atom stereocenters. The second kappa shape index (κ2) is 11.1. The maximum atomic E-state index is 13.4. The molecule has 0 aromatic rings. The summed E-state index contributed by atoms with van der Waals surface area (Å²) < 4.78 is 40.3. The van der Waals surface area contributed by atoms with Crippen molar-refractivity contribution in [2.75, 3.05) is 39.3 Å². The first-order valence-corrected chi connectivity index (χ1v) is 9.43. The molecule has 2 rings (SSSR count). The highest BCUT2D eigenvalue weighted by molar-refractivity contribution is 5.87. The number of alkyl halides is 3. The highest BCUT2D eigenvalue weighted by Gasteiger charge is 2.44. The highest BCUT2D eigenvalue weighted by atomic mass is 35.5. The summed E-state index contributed by atoms with van der Waals surface area (Å²) in [4.78, 5) is 27.6. The van der Waals surface area contributed by atoms with E-state index in [0.717, 1.165) is 12.8 Å². The summed E-state index contributed by atoms with van der Waals surface area (Å²) in [6, 6.07) is -2.35. The Morgan fingerprint density at radius 1 is 1.19 bits per heavy atom. The zero-order chi connectivity index (χ0) is 19.2. The summed E-state index contributed by atoms with van der Waals surface area (Å²) in [5.41, 5.74) is 0. The quantitative estimate of drug-likeness (QED) is 0.692. The standard InChI is InChI=1S/C17H29F3N4O2.ClH/c1-2-5-15(25)24-9-4-3-6-13(24)16(26)22-12-14(17(18,19)20)23-10-7-21-8-11-23;/h13-14,21H,2-12H2,1H3,(H,22,26);1H. The van der Waals surface area contributed by atoms with Crippen molar-refractivity contribution in [3.8, 4) is 0 Å². The number of halogens is 4. The molecule has 0 aliphatic carbocycles. The van der Waals surface area contributed by atoms with E-state index in [4.69, 9.17) is 0 Å². The minimum Gasteiger partial charge on any atom is -0.352 e. The first-order chi connectivity index (χ1) is 12.3. The van der Waals surface area contributed by atoms with Gasteiger partial charge in [0.25, 0.3) is 0 Å². The van der Waals surface area contributed by atoms with E-state index in [9.17, 15) is 22.8 Å². The predicted molar refractivity (Wildman–Crippen MR) is 98.8 cm³/mol. The summed E-state index contributed by atoms with van der Waals surface area (Å²) in [7, 11) is 0. The van der Waals surface area contributed by atoms with Gasteiger partial charge in [0.2, 0.25) is 11.8 Å². The number of hydrogen-bond donors (Lipinski definition) is 2. The Morgan fingerprint density at radius 2 is 1.85 bits per heavy atom. The monoisotopic (exact) mass is 414 g/mol. The van der Waals surface area contributed by atoms with Crippen molar-refractivity contribution in [1.29, 1.82) is 0 Å². The van der Waals surface area contributed by atoms with Crippen molar-refractivity contribution in [1.82, 2.24) is 20.4 Å². The summed E-state index contributed by atoms with van der Waals surface area (Å²) in [5.74, 6) is -0.569. The molecule has 0 saturated carbocycles. The summed E-state index contributed by atoms with van der Waals surface area (Å²) in [5, 5.41) is 5.50. The van der Waals surface area contributed by atoms with E-state index < -0.39 is 30.7 Å². The summed E-state index contributed by atoms with van der Waals surface area (Å²) in [6.07, 6.45) is -1.24. The largest absolute Gasteiger partial charge is 0.405 e. The molecule has 2 aliphatic heterocycles. The number of likely N-dealkylation sites (tertiary alicyclic amines) is 1. The molecule has 2 saturated heterocycles. The molecule has 2 N–H and O–H groups in total. The first-order valence-electron chi connectivity index (χ1n) is 9.43. The Morgan fingerprint density at radius 3 is 2.44 bits per heavy atom. The highest BCUT2D eigenvalue weighted by Crippen LogP contribution is 2.25. The number of piperidine rings is 1. The fourth-order valence-corrected chi connectivity index (χ4v) is 3.62. The van der Waals surface area contributed by atoms with Crippen LogP contribution in [-0.2, 0) is 9.59 Å². The van der Waals surface area contributed by atoms with Crippen LogP contribution in [0.15, 0.2) is 0 Å². The van der Waals surface area contributed by atoms with Crippen LogP contribution in [0.25, 0.3) is 0 Å². The number of carbonyl (C=O) groups excluding carboxylic acids is 2. The van der Waals surface area contributed by atoms with Gasteiger partial charge in [0.1, 0.15) is 12.1 Å². The van der Waals surface area contributed by atoms with Crippen LogP contribution in [0.2, 0.25) is 0 Å². The van der Waals surface area contributed by atoms with E-state index in [-0.39, 0.29) is 18.3 Å². The summed E-state index contributed by atoms with van der Waals surface area (Å²) in [6.45, 7) is 3.50. The molecule has 0 aromatic heterocycles. The number of rotatable bonds is 6. The lowest BCUT2D eigenvalue weighted by molar-refractivity contribution is -0.184. The van der Waals surface area contributed by atoms with Crippen LogP contribution in [0.4, 0.5) is 13.2 Å². The van der Waals surface area contributed by atoms with Gasteiger partial charge in [-0.3, -0.25) is 14.5 Å². The molecular weight excluding hydrogens is 385 g/mol. The van der Waals surface area contributed by atoms with E-state index in [0.29, 0.717) is 52.0 Å². The number of amides is 2. The minimum absolute atomic E-state index is 0. The third kappa shape index (κ3) is 6.80. The Bertz CT molecular complexity index is 487. The topological polar surface area (TPSA) is 64.7 Å². The van der Waals surface area contributed by atoms with Gasteiger partial charge in [0.05, 0.1) is 0 Å². The van der Waals surface area contributed by atoms with Gasteiger partial charge >= 0.3 is 6.18 Å². The van der Waals surface area contributed by atoms with Gasteiger partial charge < -0.3 is 15.5 Å². The van der Waals surface area contributed by atoms with E-state index in [2.05, 4.69) is 10.6 Å². The van der Waals surface area contributed by atoms with Gasteiger partial charge in [-0.1, -0.05) is 6.92 Å². The zero-order valence-electron chi connectivity index (χ0n) is 15.7. The van der Waals surface area contributed by atoms with Crippen molar-refractivity contribution in [3.63, 3.8) is 0 Å². The maximum absolute atomic E-state index is 13.4. The first kappa shape index (κ1) is 24.0. The number of piperazine rings is 1. The van der Waals surface area contributed by atoms with Crippen molar-refractivity contribution in [3.05, 3.63) is 0 Å². The van der Waals surface area contributed by atoms with Crippen molar-refractivity contribution < 1.29 is 22.8 Å². The van der Waals surface area contributed by atoms with Crippen LogP contribution in [0.3, 0.4) is 0 Å². The fourth-order valence-electron chi connectivity index (χ4n) is 3.62. The molecule has 0 radical (unpaired) electrons. The van der Waals surface area contributed by atoms with Crippen LogP contribution in [-0.4, -0.2) is 79.1 Å². The van der Waals surface area contributed by atoms with Crippen LogP contribution < -0.4 is 10.6 Å². The van der Waals surface area contributed by atoms with Gasteiger partial charge in [0, 0.05) is 45.7 Å². The summed E-state index contributed by atoms with van der Waals surface area (Å²) >= 11 is 0. The van der Waals surface area contributed by atoms with Crippen molar-refractivity contribution in [2.24, 2.45) is 0 Å². The van der Waals surface area contributed by atoms with E-state index in [1.54, 1.807) is 0 Å². The zero-order valence-corrected chi connectivity index (χ0v) is 16.5. The molecule has 6 nitrogen and oxygen atoms in total. The van der Waals surface area contributed by atoms with Crippen molar-refractivity contribution >= 4 is 24.2 Å². The average Bonchev–Trinajstić information content (AvgIpc) is 2.61.